The highest BCUT2D eigenvalue weighted by atomic mass is 16.6. The minimum Gasteiger partial charge on any atom is -0.454 e. The zero-order valence-electron chi connectivity index (χ0n) is 13.5. The van der Waals surface area contributed by atoms with Crippen molar-refractivity contribution in [3.63, 3.8) is 0 Å². The third-order valence-electron chi connectivity index (χ3n) is 5.28. The average molecular weight is 304 g/mol. The van der Waals surface area contributed by atoms with Gasteiger partial charge >= 0.3 is 5.97 Å². The summed E-state index contributed by atoms with van der Waals surface area (Å²) in [5.41, 5.74) is 0.0401. The molecule has 0 bridgehead atoms. The van der Waals surface area contributed by atoms with Crippen LogP contribution in [0.3, 0.4) is 0 Å². The highest BCUT2D eigenvalue weighted by molar-refractivity contribution is 5.80. The van der Waals surface area contributed by atoms with E-state index in [0.717, 1.165) is 29.6 Å². The Balaban J connectivity index is 1.66. The highest BCUT2D eigenvalue weighted by Crippen LogP contribution is 2.30. The summed E-state index contributed by atoms with van der Waals surface area (Å²) in [5, 5.41) is 10.6. The molecule has 3 rings (SSSR count). The molecular weight excluding hydrogens is 278 g/mol. The van der Waals surface area contributed by atoms with Crippen molar-refractivity contribution in [3.8, 4) is 0 Å². The molecule has 120 valence electrons. The first-order chi connectivity index (χ1) is 10.4. The summed E-state index contributed by atoms with van der Waals surface area (Å²) in [6.45, 7) is 7.91. The van der Waals surface area contributed by atoms with Crippen molar-refractivity contribution in [2.24, 2.45) is 0 Å². The number of rotatable bonds is 3. The number of esters is 1. The van der Waals surface area contributed by atoms with E-state index in [9.17, 15) is 9.90 Å². The van der Waals surface area contributed by atoms with Gasteiger partial charge in [0.1, 0.15) is 6.54 Å². The first-order valence-electron chi connectivity index (χ1n) is 8.27. The van der Waals surface area contributed by atoms with Crippen LogP contribution in [0.5, 0.6) is 0 Å². The minimum absolute atomic E-state index is 0.0538. The van der Waals surface area contributed by atoms with Crippen LogP contribution in [0.4, 0.5) is 0 Å². The summed E-state index contributed by atoms with van der Waals surface area (Å²) in [5.74, 6) is -0.526. The summed E-state index contributed by atoms with van der Waals surface area (Å²) >= 11 is 0. The molecule has 1 spiro atoms. The Morgan fingerprint density at radius 1 is 1.32 bits per heavy atom. The fraction of sp³-hybridized carbons (Fsp3) is 0.611. The molecule has 0 radical (unpaired) electrons. The van der Waals surface area contributed by atoms with Gasteiger partial charge in [-0.15, -0.1) is 0 Å². The Morgan fingerprint density at radius 2 is 2.05 bits per heavy atom. The van der Waals surface area contributed by atoms with E-state index in [4.69, 9.17) is 4.74 Å². The number of carbonyl (C=O) groups excluding carboxylic acids is 1. The molecule has 2 aliphatic rings. The van der Waals surface area contributed by atoms with Crippen LogP contribution < -0.4 is 0 Å². The van der Waals surface area contributed by atoms with E-state index in [1.807, 2.05) is 25.1 Å². The van der Waals surface area contributed by atoms with Gasteiger partial charge < -0.3 is 14.3 Å². The number of aliphatic hydroxyl groups is 1. The van der Waals surface area contributed by atoms with Gasteiger partial charge in [0.25, 0.3) is 0 Å². The summed E-state index contributed by atoms with van der Waals surface area (Å²) in [6.07, 6.45) is 3.42. The number of hydrogen-bond donors (Lipinski definition) is 1. The first kappa shape index (κ1) is 15.5. The molecule has 0 saturated carbocycles. The Kier molecular flexibility index (Phi) is 4.00. The summed E-state index contributed by atoms with van der Waals surface area (Å²) in [6, 6.07) is 7.41. The second-order valence-electron chi connectivity index (χ2n) is 7.16. The molecule has 2 heterocycles. The van der Waals surface area contributed by atoms with Crippen LogP contribution >= 0.6 is 0 Å². The predicted molar refractivity (Wildman–Crippen MR) is 84.2 cm³/mol. The van der Waals surface area contributed by atoms with Gasteiger partial charge in [-0.3, -0.25) is 0 Å². The van der Waals surface area contributed by atoms with E-state index in [1.54, 1.807) is 6.07 Å². The number of nitrogens with zero attached hydrogens (tertiary/aromatic N) is 1. The fourth-order valence-electron chi connectivity index (χ4n) is 3.87. The van der Waals surface area contributed by atoms with Crippen molar-refractivity contribution in [3.05, 3.63) is 35.4 Å². The second kappa shape index (κ2) is 5.67. The summed E-state index contributed by atoms with van der Waals surface area (Å²) < 4.78 is 6.75. The zero-order valence-corrected chi connectivity index (χ0v) is 13.5. The van der Waals surface area contributed by atoms with Gasteiger partial charge in [-0.1, -0.05) is 29.8 Å². The number of ether oxygens (including phenoxy) is 1. The molecule has 22 heavy (non-hydrogen) atoms. The predicted octanol–water partition coefficient (Wildman–Crippen LogP) is 2.13. The quantitative estimate of drug-likeness (QED) is 0.687. The van der Waals surface area contributed by atoms with Gasteiger partial charge in [-0.2, -0.15) is 0 Å². The minimum atomic E-state index is -1.58. The standard InChI is InChI=1S/C18H26NO3/c1-14-6-5-7-15(12-14)18(2,21)17(20)22-16-8-11-19(13-16)9-3-4-10-19/h5-7,12,16,21H,3-4,8-11,13H2,1-2H3/q+1. The molecule has 4 heteroatoms. The van der Waals surface area contributed by atoms with Gasteiger partial charge in [0.05, 0.1) is 19.6 Å². The number of quaternary nitrogens is 1. The Bertz CT molecular complexity index is 561. The van der Waals surface area contributed by atoms with Crippen molar-refractivity contribution >= 4 is 5.97 Å². The number of benzene rings is 1. The molecule has 0 aromatic heterocycles. The van der Waals surface area contributed by atoms with E-state index < -0.39 is 11.6 Å². The molecule has 1 aromatic carbocycles. The highest BCUT2D eigenvalue weighted by Gasteiger charge is 2.44. The molecule has 1 N–H and O–H groups in total. The van der Waals surface area contributed by atoms with Crippen LogP contribution in [0.15, 0.2) is 24.3 Å². The van der Waals surface area contributed by atoms with Crippen LogP contribution in [-0.2, 0) is 15.1 Å². The van der Waals surface area contributed by atoms with Crippen LogP contribution in [-0.4, -0.2) is 47.8 Å². The molecule has 0 amide bonds. The molecule has 2 unspecified atom stereocenters. The lowest BCUT2D eigenvalue weighted by atomic mass is 9.95. The number of aryl methyl sites for hydroxylation is 1. The molecule has 0 aliphatic carbocycles. The van der Waals surface area contributed by atoms with Crippen LogP contribution in [0.25, 0.3) is 0 Å². The van der Waals surface area contributed by atoms with Crippen LogP contribution in [0, 0.1) is 6.92 Å². The smallest absolute Gasteiger partial charge is 0.343 e. The van der Waals surface area contributed by atoms with E-state index in [2.05, 4.69) is 0 Å². The van der Waals surface area contributed by atoms with Crippen molar-refractivity contribution in [1.29, 1.82) is 0 Å². The van der Waals surface area contributed by atoms with E-state index >= 15 is 0 Å². The molecule has 2 atom stereocenters. The first-order valence-corrected chi connectivity index (χ1v) is 8.27. The molecule has 2 saturated heterocycles. The third kappa shape index (κ3) is 2.90. The molecular formula is C18H26NO3+. The maximum absolute atomic E-state index is 12.5. The van der Waals surface area contributed by atoms with E-state index in [0.29, 0.717) is 5.56 Å². The van der Waals surface area contributed by atoms with Crippen LogP contribution in [0.1, 0.15) is 37.3 Å². The Hall–Kier alpha value is -1.39. The van der Waals surface area contributed by atoms with Gasteiger partial charge in [0.15, 0.2) is 11.7 Å². The number of hydrogen-bond acceptors (Lipinski definition) is 3. The van der Waals surface area contributed by atoms with E-state index in [1.165, 1.54) is 32.9 Å². The Labute approximate surface area is 132 Å². The van der Waals surface area contributed by atoms with Gasteiger partial charge in [0, 0.05) is 19.3 Å². The van der Waals surface area contributed by atoms with Gasteiger partial charge in [-0.25, -0.2) is 4.79 Å². The van der Waals surface area contributed by atoms with E-state index in [-0.39, 0.29) is 6.10 Å². The topological polar surface area (TPSA) is 46.5 Å². The molecule has 4 nitrogen and oxygen atoms in total. The summed E-state index contributed by atoms with van der Waals surface area (Å²) in [4.78, 5) is 12.5. The molecule has 1 aromatic rings. The SMILES string of the molecule is Cc1cccc(C(C)(O)C(=O)OC2CC[N+]3(CCCC3)C2)c1. The third-order valence-corrected chi connectivity index (χ3v) is 5.28. The molecule has 2 aliphatic heterocycles. The second-order valence-corrected chi connectivity index (χ2v) is 7.16. The monoisotopic (exact) mass is 304 g/mol. The number of carbonyl (C=O) groups is 1. The zero-order chi connectivity index (χ0) is 15.8. The summed E-state index contributed by atoms with van der Waals surface area (Å²) in [7, 11) is 0. The fourth-order valence-corrected chi connectivity index (χ4v) is 3.87. The van der Waals surface area contributed by atoms with Crippen molar-refractivity contribution in [2.75, 3.05) is 26.2 Å². The van der Waals surface area contributed by atoms with Crippen molar-refractivity contribution in [2.45, 2.75) is 44.8 Å². The maximum Gasteiger partial charge on any atom is 0.343 e. The lowest BCUT2D eigenvalue weighted by Gasteiger charge is -2.29. The Morgan fingerprint density at radius 3 is 2.73 bits per heavy atom. The van der Waals surface area contributed by atoms with Crippen molar-refractivity contribution in [1.82, 2.24) is 0 Å². The normalized spacial score (nSPS) is 26.0. The van der Waals surface area contributed by atoms with Gasteiger partial charge in [0.2, 0.25) is 0 Å². The average Bonchev–Trinajstić information content (AvgIpc) is 3.09. The lowest BCUT2D eigenvalue weighted by Crippen LogP contribution is -2.44. The maximum atomic E-state index is 12.5. The van der Waals surface area contributed by atoms with Crippen LogP contribution in [0.2, 0.25) is 0 Å². The lowest BCUT2D eigenvalue weighted by molar-refractivity contribution is -0.906. The molecule has 2 fully saturated rings. The van der Waals surface area contributed by atoms with Gasteiger partial charge in [-0.05, 0) is 19.4 Å². The van der Waals surface area contributed by atoms with Crippen molar-refractivity contribution < 1.29 is 19.1 Å². The largest absolute Gasteiger partial charge is 0.454 e.